The van der Waals surface area contributed by atoms with Crippen LogP contribution in [-0.2, 0) is 9.59 Å². The molecule has 1 atom stereocenters. The Kier molecular flexibility index (Phi) is 3.27. The van der Waals surface area contributed by atoms with Gasteiger partial charge in [0.1, 0.15) is 11.6 Å². The molecule has 0 spiro atoms. The van der Waals surface area contributed by atoms with Crippen LogP contribution in [0, 0.1) is 11.6 Å². The normalized spacial score (nSPS) is 19.3. The number of amides is 2. The van der Waals surface area contributed by atoms with E-state index in [2.05, 4.69) is 0 Å². The van der Waals surface area contributed by atoms with Crippen molar-refractivity contribution in [3.8, 4) is 0 Å². The van der Waals surface area contributed by atoms with Gasteiger partial charge in [-0.3, -0.25) is 9.59 Å². The highest BCUT2D eigenvalue weighted by atomic mass is 19.1. The summed E-state index contributed by atoms with van der Waals surface area (Å²) in [6.07, 6.45) is 0.282. The smallest absolute Gasteiger partial charge is 0.237 e. The molecule has 0 aliphatic carbocycles. The Morgan fingerprint density at radius 3 is 2.56 bits per heavy atom. The lowest BCUT2D eigenvalue weighted by Crippen LogP contribution is -2.35. The third kappa shape index (κ3) is 2.18. The first-order chi connectivity index (χ1) is 8.50. The van der Waals surface area contributed by atoms with Gasteiger partial charge in [-0.2, -0.15) is 0 Å². The predicted molar refractivity (Wildman–Crippen MR) is 59.5 cm³/mol. The first-order valence-corrected chi connectivity index (χ1v) is 5.51. The van der Waals surface area contributed by atoms with Crippen LogP contribution in [0.4, 0.5) is 8.78 Å². The average molecular weight is 254 g/mol. The van der Waals surface area contributed by atoms with Crippen LogP contribution in [0.1, 0.15) is 17.9 Å². The van der Waals surface area contributed by atoms with Gasteiger partial charge in [-0.1, -0.05) is 6.07 Å². The lowest BCUT2D eigenvalue weighted by Gasteiger charge is -2.15. The third-order valence-electron chi connectivity index (χ3n) is 2.99. The molecular formula is C12H12F2N2O2. The van der Waals surface area contributed by atoms with Gasteiger partial charge >= 0.3 is 0 Å². The number of hydrogen-bond donors (Lipinski definition) is 1. The van der Waals surface area contributed by atoms with Crippen molar-refractivity contribution in [1.82, 2.24) is 4.90 Å². The van der Waals surface area contributed by atoms with Crippen molar-refractivity contribution in [2.45, 2.75) is 12.3 Å². The van der Waals surface area contributed by atoms with E-state index in [1.807, 2.05) is 0 Å². The minimum Gasteiger partial charge on any atom is -0.368 e. The Hall–Kier alpha value is -1.98. The van der Waals surface area contributed by atoms with Crippen LogP contribution in [0.15, 0.2) is 18.2 Å². The minimum atomic E-state index is -0.870. The maximum atomic E-state index is 13.6. The summed E-state index contributed by atoms with van der Waals surface area (Å²) in [6.45, 7) is 0.0611. The molecule has 0 bridgehead atoms. The molecule has 0 saturated carbocycles. The summed E-state index contributed by atoms with van der Waals surface area (Å²) < 4.78 is 27.1. The van der Waals surface area contributed by atoms with Crippen molar-refractivity contribution >= 4 is 11.8 Å². The molecule has 1 saturated heterocycles. The Morgan fingerprint density at radius 2 is 2.00 bits per heavy atom. The SMILES string of the molecule is NC(=O)CN1CC[C@@H](c2c(F)cccc2F)C1=O. The number of nitrogens with zero attached hydrogens (tertiary/aromatic N) is 1. The second kappa shape index (κ2) is 4.72. The summed E-state index contributed by atoms with van der Waals surface area (Å²) in [5.74, 6) is -3.45. The number of carbonyl (C=O) groups excluding carboxylic acids is 2. The minimum absolute atomic E-state index is 0.217. The zero-order chi connectivity index (χ0) is 13.3. The maximum absolute atomic E-state index is 13.6. The number of primary amides is 1. The molecule has 96 valence electrons. The monoisotopic (exact) mass is 254 g/mol. The zero-order valence-corrected chi connectivity index (χ0v) is 9.53. The van der Waals surface area contributed by atoms with Crippen LogP contribution in [0.3, 0.4) is 0 Å². The molecule has 1 aromatic rings. The van der Waals surface area contributed by atoms with E-state index in [0.29, 0.717) is 0 Å². The summed E-state index contributed by atoms with van der Waals surface area (Å²) in [5, 5.41) is 0. The fraction of sp³-hybridized carbons (Fsp3) is 0.333. The summed E-state index contributed by atoms with van der Waals surface area (Å²) in [7, 11) is 0. The van der Waals surface area contributed by atoms with E-state index < -0.39 is 29.4 Å². The Balaban J connectivity index is 2.26. The Labute approximate surface area is 102 Å². The fourth-order valence-corrected chi connectivity index (χ4v) is 2.20. The fourth-order valence-electron chi connectivity index (χ4n) is 2.20. The van der Waals surface area contributed by atoms with Crippen molar-refractivity contribution in [3.05, 3.63) is 35.4 Å². The first kappa shape index (κ1) is 12.5. The van der Waals surface area contributed by atoms with Gasteiger partial charge in [0, 0.05) is 12.1 Å². The molecule has 4 nitrogen and oxygen atoms in total. The molecule has 1 heterocycles. The maximum Gasteiger partial charge on any atom is 0.237 e. The van der Waals surface area contributed by atoms with E-state index in [1.54, 1.807) is 0 Å². The highest BCUT2D eigenvalue weighted by Crippen LogP contribution is 2.31. The largest absolute Gasteiger partial charge is 0.368 e. The van der Waals surface area contributed by atoms with E-state index in [-0.39, 0.29) is 25.1 Å². The Bertz CT molecular complexity index is 485. The predicted octanol–water partition coefficient (Wildman–Crippen LogP) is 0.766. The molecule has 0 aromatic heterocycles. The standard InChI is InChI=1S/C12H12F2N2O2/c13-8-2-1-3-9(14)11(8)7-4-5-16(12(7)18)6-10(15)17/h1-3,7H,4-6H2,(H2,15,17)/t7-/m0/s1. The number of hydrogen-bond acceptors (Lipinski definition) is 2. The number of carbonyl (C=O) groups is 2. The molecule has 1 aliphatic heterocycles. The summed E-state index contributed by atoms with van der Waals surface area (Å²) in [6, 6.07) is 3.47. The molecule has 2 amide bonds. The van der Waals surface area contributed by atoms with Crippen LogP contribution in [0.25, 0.3) is 0 Å². The first-order valence-electron chi connectivity index (χ1n) is 5.51. The third-order valence-corrected chi connectivity index (χ3v) is 2.99. The molecule has 6 heteroatoms. The van der Waals surface area contributed by atoms with Gasteiger partial charge in [-0.15, -0.1) is 0 Å². The number of halogens is 2. The van der Waals surface area contributed by atoms with Crippen molar-refractivity contribution < 1.29 is 18.4 Å². The molecular weight excluding hydrogens is 242 g/mol. The summed E-state index contributed by atoms with van der Waals surface area (Å²) >= 11 is 0. The lowest BCUT2D eigenvalue weighted by atomic mass is 9.96. The van der Waals surface area contributed by atoms with Crippen LogP contribution in [-0.4, -0.2) is 29.8 Å². The molecule has 0 unspecified atom stereocenters. The quantitative estimate of drug-likeness (QED) is 0.865. The van der Waals surface area contributed by atoms with Gasteiger partial charge < -0.3 is 10.6 Å². The van der Waals surface area contributed by atoms with Crippen molar-refractivity contribution in [2.24, 2.45) is 5.73 Å². The van der Waals surface area contributed by atoms with Gasteiger partial charge in [-0.05, 0) is 18.6 Å². The van der Waals surface area contributed by atoms with Crippen LogP contribution >= 0.6 is 0 Å². The molecule has 1 aliphatic rings. The van der Waals surface area contributed by atoms with Crippen LogP contribution < -0.4 is 5.73 Å². The summed E-state index contributed by atoms with van der Waals surface area (Å²) in [5.41, 5.74) is 4.77. The van der Waals surface area contributed by atoms with Crippen molar-refractivity contribution in [1.29, 1.82) is 0 Å². The lowest BCUT2D eigenvalue weighted by molar-refractivity contribution is -0.133. The highest BCUT2D eigenvalue weighted by Gasteiger charge is 2.36. The zero-order valence-electron chi connectivity index (χ0n) is 9.53. The summed E-state index contributed by atoms with van der Waals surface area (Å²) in [4.78, 5) is 23.9. The van der Waals surface area contributed by atoms with Gasteiger partial charge in [0.2, 0.25) is 11.8 Å². The molecule has 2 rings (SSSR count). The van der Waals surface area contributed by atoms with Gasteiger partial charge in [0.05, 0.1) is 12.5 Å². The number of nitrogens with two attached hydrogens (primary N) is 1. The van der Waals surface area contributed by atoms with Crippen LogP contribution in [0.5, 0.6) is 0 Å². The number of benzene rings is 1. The van der Waals surface area contributed by atoms with E-state index in [0.717, 1.165) is 12.1 Å². The van der Waals surface area contributed by atoms with E-state index >= 15 is 0 Å². The van der Waals surface area contributed by atoms with Gasteiger partial charge in [-0.25, -0.2) is 8.78 Å². The molecule has 1 aromatic carbocycles. The average Bonchev–Trinajstić information content (AvgIpc) is 2.61. The number of likely N-dealkylation sites (tertiary alicyclic amines) is 1. The molecule has 1 fully saturated rings. The second-order valence-corrected chi connectivity index (χ2v) is 4.20. The molecule has 0 radical (unpaired) electrons. The van der Waals surface area contributed by atoms with Crippen molar-refractivity contribution in [2.75, 3.05) is 13.1 Å². The van der Waals surface area contributed by atoms with Gasteiger partial charge in [0.25, 0.3) is 0 Å². The highest BCUT2D eigenvalue weighted by molar-refractivity contribution is 5.89. The number of rotatable bonds is 3. The topological polar surface area (TPSA) is 63.4 Å². The van der Waals surface area contributed by atoms with E-state index in [1.165, 1.54) is 11.0 Å². The van der Waals surface area contributed by atoms with E-state index in [9.17, 15) is 18.4 Å². The van der Waals surface area contributed by atoms with Gasteiger partial charge in [0.15, 0.2) is 0 Å². The molecule has 18 heavy (non-hydrogen) atoms. The van der Waals surface area contributed by atoms with Crippen molar-refractivity contribution in [3.63, 3.8) is 0 Å². The second-order valence-electron chi connectivity index (χ2n) is 4.20. The van der Waals surface area contributed by atoms with E-state index in [4.69, 9.17) is 5.73 Å². The Morgan fingerprint density at radius 1 is 1.39 bits per heavy atom. The molecule has 2 N–H and O–H groups in total. The van der Waals surface area contributed by atoms with Crippen LogP contribution in [0.2, 0.25) is 0 Å².